The van der Waals surface area contributed by atoms with Gasteiger partial charge in [-0.2, -0.15) is 0 Å². The minimum absolute atomic E-state index is 0. The molecule has 1 unspecified atom stereocenters. The molecule has 0 bridgehead atoms. The Bertz CT molecular complexity index is 56.1. The normalized spacial score (nSPS) is 11.2. The van der Waals surface area contributed by atoms with E-state index in [0.717, 1.165) is 6.42 Å². The zero-order valence-electron chi connectivity index (χ0n) is 7.55. The van der Waals surface area contributed by atoms with E-state index < -0.39 is 0 Å². The summed E-state index contributed by atoms with van der Waals surface area (Å²) in [5, 5.41) is 8.75. The van der Waals surface area contributed by atoms with Crippen LogP contribution in [-0.4, -0.2) is 39.0 Å². The average molecular weight is 351 g/mol. The van der Waals surface area contributed by atoms with E-state index in [1.54, 1.807) is 0 Å². The van der Waals surface area contributed by atoms with Gasteiger partial charge in [-0.3, -0.25) is 0 Å². The molecular weight excluding hydrogens is 332 g/mol. The largest absolute Gasteiger partial charge is 2.00 e. The van der Waals surface area contributed by atoms with Gasteiger partial charge >= 0.3 is 0 Å². The van der Waals surface area contributed by atoms with Gasteiger partial charge in [-0.05, 0) is 12.3 Å². The summed E-state index contributed by atoms with van der Waals surface area (Å²) >= 11 is 0. The minimum atomic E-state index is 0. The third kappa shape index (κ3) is 10.8. The van der Waals surface area contributed by atoms with Crippen molar-refractivity contribution in [1.29, 1.82) is 0 Å². The fourth-order valence-electron chi connectivity index (χ4n) is 0.917. The van der Waals surface area contributed by atoms with Crippen LogP contribution in [0.3, 0.4) is 0 Å². The zero-order valence-corrected chi connectivity index (χ0v) is 12.0. The number of unbranched alkanes of at least 4 members (excludes halogenated alkanes) is 1. The second-order valence-electron chi connectivity index (χ2n) is 2.60. The molecule has 0 aromatic rings. The standard InChI is InChI=1S/C8H18O.O.Tl/c1-3-5-6-8(4-2)7-9;;/h8-9H,3-7H2,1-2H3;;/q;-2;. The van der Waals surface area contributed by atoms with Crippen LogP contribution in [0.25, 0.3) is 0 Å². The Kier molecular flexibility index (Phi) is 21.7. The summed E-state index contributed by atoms with van der Waals surface area (Å²) in [4.78, 5) is 0. The van der Waals surface area contributed by atoms with Crippen molar-refractivity contribution in [1.82, 2.24) is 0 Å². The first-order chi connectivity index (χ1) is 4.35. The van der Waals surface area contributed by atoms with E-state index in [9.17, 15) is 0 Å². The molecule has 0 amide bonds. The van der Waals surface area contributed by atoms with Crippen LogP contribution >= 0.6 is 0 Å². The number of aliphatic hydroxyl groups is 1. The van der Waals surface area contributed by atoms with Gasteiger partial charge in [0.25, 0.3) is 0 Å². The molecule has 0 rings (SSSR count). The Morgan fingerprint density at radius 2 is 1.82 bits per heavy atom. The van der Waals surface area contributed by atoms with Crippen molar-refractivity contribution in [2.24, 2.45) is 5.92 Å². The molecule has 3 heteroatoms. The minimum Gasteiger partial charge on any atom is -2.00 e. The number of hydrogen-bond donors (Lipinski definition) is 1. The van der Waals surface area contributed by atoms with E-state index in [0.29, 0.717) is 12.5 Å². The van der Waals surface area contributed by atoms with Crippen LogP contribution in [0.5, 0.6) is 0 Å². The van der Waals surface area contributed by atoms with Crippen molar-refractivity contribution in [3.05, 3.63) is 0 Å². The van der Waals surface area contributed by atoms with E-state index in [-0.39, 0.29) is 32.8 Å². The average Bonchev–Trinajstić information content (AvgIpc) is 1.91. The predicted octanol–water partition coefficient (Wildman–Crippen LogP) is 1.70. The Labute approximate surface area is 89.9 Å². The van der Waals surface area contributed by atoms with Crippen LogP contribution < -0.4 is 0 Å². The van der Waals surface area contributed by atoms with E-state index >= 15 is 0 Å². The number of rotatable bonds is 5. The molecule has 0 aliphatic heterocycles. The van der Waals surface area contributed by atoms with Crippen molar-refractivity contribution in [3.8, 4) is 0 Å². The maximum absolute atomic E-state index is 8.75. The second-order valence-corrected chi connectivity index (χ2v) is 2.60. The molecule has 0 heterocycles. The molecule has 0 saturated heterocycles. The summed E-state index contributed by atoms with van der Waals surface area (Å²) in [6.45, 7) is 4.69. The smallest absolute Gasteiger partial charge is 0.0459 e. The van der Waals surface area contributed by atoms with Crippen molar-refractivity contribution >= 4 is 27.3 Å². The van der Waals surface area contributed by atoms with Crippen LogP contribution in [0.2, 0.25) is 0 Å². The predicted molar refractivity (Wildman–Crippen MR) is 46.8 cm³/mol. The van der Waals surface area contributed by atoms with Crippen LogP contribution in [0.4, 0.5) is 0 Å². The van der Waals surface area contributed by atoms with Crippen molar-refractivity contribution in [2.75, 3.05) is 6.61 Å². The van der Waals surface area contributed by atoms with Gasteiger partial charge < -0.3 is 10.6 Å². The number of aliphatic hydroxyl groups excluding tert-OH is 1. The van der Waals surface area contributed by atoms with Gasteiger partial charge in [-0.25, -0.2) is 0 Å². The first kappa shape index (κ1) is 17.8. The van der Waals surface area contributed by atoms with Gasteiger partial charge in [0.2, 0.25) is 0 Å². The van der Waals surface area contributed by atoms with Gasteiger partial charge in [-0.15, -0.1) is 0 Å². The maximum Gasteiger partial charge on any atom is 0.0459 e. The monoisotopic (exact) mass is 351 g/mol. The number of hydrogen-bond acceptors (Lipinski definition) is 1. The molecule has 0 aliphatic carbocycles. The molecule has 0 aliphatic rings. The summed E-state index contributed by atoms with van der Waals surface area (Å²) in [6.07, 6.45) is 4.83. The third-order valence-electron chi connectivity index (χ3n) is 1.80. The molecule has 0 saturated carbocycles. The summed E-state index contributed by atoms with van der Waals surface area (Å²) in [7, 11) is 0. The van der Waals surface area contributed by atoms with Gasteiger partial charge in [0, 0.05) is 33.9 Å². The SMILES string of the molecule is CCCCC(CC)CO.[O-2].[Tl]. The van der Waals surface area contributed by atoms with Crippen LogP contribution in [0.15, 0.2) is 0 Å². The summed E-state index contributed by atoms with van der Waals surface area (Å²) < 4.78 is 0. The van der Waals surface area contributed by atoms with E-state index in [1.807, 2.05) is 0 Å². The quantitative estimate of drug-likeness (QED) is 0.754. The molecule has 1 N–H and O–H groups in total. The molecule has 11 heavy (non-hydrogen) atoms. The maximum atomic E-state index is 8.75. The van der Waals surface area contributed by atoms with Gasteiger partial charge in [0.05, 0.1) is 0 Å². The van der Waals surface area contributed by atoms with E-state index in [4.69, 9.17) is 5.11 Å². The van der Waals surface area contributed by atoms with Gasteiger partial charge in [0.1, 0.15) is 0 Å². The Morgan fingerprint density at radius 1 is 1.27 bits per heavy atom. The van der Waals surface area contributed by atoms with Crippen LogP contribution in [0, 0.1) is 5.92 Å². The van der Waals surface area contributed by atoms with Crippen LogP contribution in [0.1, 0.15) is 39.5 Å². The molecule has 0 spiro atoms. The third-order valence-corrected chi connectivity index (χ3v) is 1.80. The Morgan fingerprint density at radius 3 is 2.09 bits per heavy atom. The van der Waals surface area contributed by atoms with Crippen molar-refractivity contribution in [2.45, 2.75) is 39.5 Å². The first-order valence-electron chi connectivity index (χ1n) is 3.96. The van der Waals surface area contributed by atoms with Crippen LogP contribution in [-0.2, 0) is 5.48 Å². The van der Waals surface area contributed by atoms with E-state index in [1.165, 1.54) is 19.3 Å². The van der Waals surface area contributed by atoms with E-state index in [2.05, 4.69) is 13.8 Å². The van der Waals surface area contributed by atoms with Gasteiger partial charge in [0.15, 0.2) is 0 Å². The zero-order chi connectivity index (χ0) is 7.11. The molecule has 2 nitrogen and oxygen atoms in total. The van der Waals surface area contributed by atoms with Crippen molar-refractivity contribution < 1.29 is 10.6 Å². The van der Waals surface area contributed by atoms with Gasteiger partial charge in [-0.1, -0.05) is 33.1 Å². The Hall–Kier alpha value is 0.842. The molecule has 0 fully saturated rings. The topological polar surface area (TPSA) is 48.7 Å². The molecule has 1 atom stereocenters. The Balaban J connectivity index is -0.000000320. The molecule has 67 valence electrons. The molecule has 1 radical (unpaired) electrons. The summed E-state index contributed by atoms with van der Waals surface area (Å²) in [6, 6.07) is 0. The molecule has 0 aromatic carbocycles. The molecular formula is C8H18O2Tl-2. The second kappa shape index (κ2) is 13.4. The molecule has 0 aromatic heterocycles. The summed E-state index contributed by atoms with van der Waals surface area (Å²) in [5.74, 6) is 0.560. The fraction of sp³-hybridized carbons (Fsp3) is 1.00. The first-order valence-corrected chi connectivity index (χ1v) is 3.96. The summed E-state index contributed by atoms with van der Waals surface area (Å²) in [5.41, 5.74) is 0. The fourth-order valence-corrected chi connectivity index (χ4v) is 0.917. The van der Waals surface area contributed by atoms with Crippen molar-refractivity contribution in [3.63, 3.8) is 0 Å².